The van der Waals surface area contributed by atoms with Gasteiger partial charge in [-0.25, -0.2) is 9.97 Å². The maximum absolute atomic E-state index is 12.3. The Balaban J connectivity index is 1.57. The van der Waals surface area contributed by atoms with Crippen LogP contribution in [-0.2, 0) is 11.2 Å². The minimum atomic E-state index is 0.183. The first-order chi connectivity index (χ1) is 11.1. The summed E-state index contributed by atoms with van der Waals surface area (Å²) in [6, 6.07) is 5.82. The second-order valence-electron chi connectivity index (χ2n) is 6.17. The summed E-state index contributed by atoms with van der Waals surface area (Å²) in [4.78, 5) is 23.2. The lowest BCUT2D eigenvalue weighted by molar-refractivity contribution is -0.131. The van der Waals surface area contributed by atoms with Crippen LogP contribution < -0.4 is 5.32 Å². The Bertz CT molecular complexity index is 677. The van der Waals surface area contributed by atoms with Crippen molar-refractivity contribution in [3.63, 3.8) is 0 Å². The number of carbonyl (C=O) groups is 1. The molecule has 0 atom stereocenters. The topological polar surface area (TPSA) is 58.1 Å². The molecule has 3 rings (SSSR count). The molecule has 0 unspecified atom stereocenters. The Morgan fingerprint density at radius 2 is 2.13 bits per heavy atom. The lowest BCUT2D eigenvalue weighted by Gasteiger charge is -2.30. The molecule has 1 N–H and O–H groups in total. The molecule has 1 aliphatic rings. The van der Waals surface area contributed by atoms with Crippen LogP contribution in [0.5, 0.6) is 0 Å². The number of aryl methyl sites for hydroxylation is 1. The van der Waals surface area contributed by atoms with Gasteiger partial charge in [-0.2, -0.15) is 0 Å². The van der Waals surface area contributed by atoms with E-state index in [0.717, 1.165) is 54.2 Å². The molecule has 0 spiro atoms. The first kappa shape index (κ1) is 15.9. The van der Waals surface area contributed by atoms with Gasteiger partial charge < -0.3 is 10.2 Å². The number of pyridine rings is 1. The van der Waals surface area contributed by atoms with Gasteiger partial charge in [-0.05, 0) is 37.8 Å². The number of likely N-dealkylation sites (tertiary alicyclic amines) is 1. The first-order valence-electron chi connectivity index (χ1n) is 8.03. The van der Waals surface area contributed by atoms with Crippen LogP contribution in [0, 0.1) is 12.8 Å². The number of aromatic nitrogens is 2. The monoisotopic (exact) mass is 330 g/mol. The highest BCUT2D eigenvalue weighted by molar-refractivity contribution is 7.13. The van der Waals surface area contributed by atoms with Gasteiger partial charge in [0.2, 0.25) is 5.91 Å². The molecular weight excluding hydrogens is 308 g/mol. The van der Waals surface area contributed by atoms with Crippen molar-refractivity contribution in [2.24, 2.45) is 5.92 Å². The van der Waals surface area contributed by atoms with E-state index < -0.39 is 0 Å². The fraction of sp³-hybridized carbons (Fsp3) is 0.471. The van der Waals surface area contributed by atoms with E-state index >= 15 is 0 Å². The quantitative estimate of drug-likeness (QED) is 0.933. The maximum Gasteiger partial charge on any atom is 0.228 e. The number of amides is 1. The summed E-state index contributed by atoms with van der Waals surface area (Å²) in [5.41, 5.74) is 1.79. The number of piperidine rings is 1. The van der Waals surface area contributed by atoms with E-state index in [1.54, 1.807) is 0 Å². The van der Waals surface area contributed by atoms with Crippen molar-refractivity contribution in [1.29, 1.82) is 0 Å². The number of nitrogens with one attached hydrogen (secondary N) is 1. The highest BCUT2D eigenvalue weighted by Crippen LogP contribution is 2.21. The fourth-order valence-corrected chi connectivity index (χ4v) is 3.41. The molecule has 1 amide bonds. The molecule has 1 aliphatic heterocycles. The van der Waals surface area contributed by atoms with Crippen molar-refractivity contribution in [2.45, 2.75) is 33.1 Å². The molecule has 0 saturated carbocycles. The number of hydrogen-bond acceptors (Lipinski definition) is 5. The summed E-state index contributed by atoms with van der Waals surface area (Å²) in [7, 11) is 0. The van der Waals surface area contributed by atoms with Crippen molar-refractivity contribution in [3.8, 4) is 0 Å². The van der Waals surface area contributed by atoms with Crippen LogP contribution >= 0.6 is 11.3 Å². The van der Waals surface area contributed by atoms with Gasteiger partial charge in [-0.3, -0.25) is 4.79 Å². The van der Waals surface area contributed by atoms with Crippen molar-refractivity contribution < 1.29 is 4.79 Å². The Morgan fingerprint density at radius 3 is 2.87 bits per heavy atom. The highest BCUT2D eigenvalue weighted by Gasteiger charge is 2.21. The number of carbonyl (C=O) groups excluding carboxylic acids is 1. The van der Waals surface area contributed by atoms with Gasteiger partial charge in [-0.15, -0.1) is 11.3 Å². The highest BCUT2D eigenvalue weighted by atomic mass is 32.1. The minimum Gasteiger partial charge on any atom is -0.342 e. The van der Waals surface area contributed by atoms with E-state index in [1.165, 1.54) is 11.3 Å². The zero-order valence-electron chi connectivity index (χ0n) is 13.6. The van der Waals surface area contributed by atoms with Crippen LogP contribution in [0.15, 0.2) is 23.6 Å². The number of hydrogen-bond donors (Lipinski definition) is 1. The van der Waals surface area contributed by atoms with Crippen LogP contribution in [-0.4, -0.2) is 33.9 Å². The normalized spacial score (nSPS) is 15.7. The van der Waals surface area contributed by atoms with Crippen molar-refractivity contribution >= 4 is 28.2 Å². The first-order valence-corrected chi connectivity index (χ1v) is 8.91. The van der Waals surface area contributed by atoms with Gasteiger partial charge in [0.05, 0.1) is 12.1 Å². The predicted molar refractivity (Wildman–Crippen MR) is 93.1 cm³/mol. The average molecular weight is 330 g/mol. The molecule has 122 valence electrons. The van der Waals surface area contributed by atoms with Crippen molar-refractivity contribution in [1.82, 2.24) is 14.9 Å². The van der Waals surface area contributed by atoms with Crippen LogP contribution in [0.25, 0.3) is 0 Å². The molecule has 0 aliphatic carbocycles. The molecular formula is C17H22N4OS. The molecule has 5 nitrogen and oxygen atoms in total. The zero-order chi connectivity index (χ0) is 16.2. The molecule has 1 saturated heterocycles. The Hall–Kier alpha value is -1.95. The third-order valence-electron chi connectivity index (χ3n) is 4.14. The van der Waals surface area contributed by atoms with Crippen LogP contribution in [0.4, 0.5) is 10.9 Å². The van der Waals surface area contributed by atoms with E-state index in [-0.39, 0.29) is 5.91 Å². The number of anilines is 2. The van der Waals surface area contributed by atoms with Crippen LogP contribution in [0.3, 0.4) is 0 Å². The van der Waals surface area contributed by atoms with E-state index in [2.05, 4.69) is 22.2 Å². The van der Waals surface area contributed by atoms with Gasteiger partial charge in [0.15, 0.2) is 5.13 Å². The molecule has 23 heavy (non-hydrogen) atoms. The smallest absolute Gasteiger partial charge is 0.228 e. The molecule has 6 heteroatoms. The largest absolute Gasteiger partial charge is 0.342 e. The molecule has 2 aromatic rings. The minimum absolute atomic E-state index is 0.183. The van der Waals surface area contributed by atoms with E-state index in [9.17, 15) is 4.79 Å². The van der Waals surface area contributed by atoms with Crippen molar-refractivity contribution in [3.05, 3.63) is 35.0 Å². The molecule has 0 bridgehead atoms. The van der Waals surface area contributed by atoms with Gasteiger partial charge in [0.25, 0.3) is 0 Å². The third-order valence-corrected chi connectivity index (χ3v) is 4.95. The second-order valence-corrected chi connectivity index (χ2v) is 7.03. The van der Waals surface area contributed by atoms with Gasteiger partial charge >= 0.3 is 0 Å². The molecule has 0 aromatic carbocycles. The summed E-state index contributed by atoms with van der Waals surface area (Å²) >= 11 is 1.51. The number of rotatable bonds is 4. The fourth-order valence-electron chi connectivity index (χ4n) is 2.69. The second kappa shape index (κ2) is 7.08. The van der Waals surface area contributed by atoms with Crippen LogP contribution in [0.2, 0.25) is 0 Å². The summed E-state index contributed by atoms with van der Waals surface area (Å²) in [6.45, 7) is 5.96. The Kier molecular flexibility index (Phi) is 4.91. The lowest BCUT2D eigenvalue weighted by atomic mass is 9.99. The van der Waals surface area contributed by atoms with Gasteiger partial charge in [0, 0.05) is 24.2 Å². The van der Waals surface area contributed by atoms with E-state index in [1.807, 2.05) is 35.4 Å². The van der Waals surface area contributed by atoms with Gasteiger partial charge in [0.1, 0.15) is 5.82 Å². The standard InChI is InChI=1S/C17H22N4OS/c1-12-6-8-21(9-7-12)16(22)10-14-11-23-17(19-14)20-15-5-3-4-13(2)18-15/h3-5,11-12H,6-10H2,1-2H3,(H,18,19,20). The molecule has 1 fully saturated rings. The number of thiazole rings is 1. The summed E-state index contributed by atoms with van der Waals surface area (Å²) in [6.07, 6.45) is 2.59. The molecule has 2 aromatic heterocycles. The van der Waals surface area contributed by atoms with Crippen molar-refractivity contribution in [2.75, 3.05) is 18.4 Å². The molecule has 3 heterocycles. The lowest BCUT2D eigenvalue weighted by Crippen LogP contribution is -2.38. The maximum atomic E-state index is 12.3. The summed E-state index contributed by atoms with van der Waals surface area (Å²) in [5.74, 6) is 1.70. The molecule has 0 radical (unpaired) electrons. The summed E-state index contributed by atoms with van der Waals surface area (Å²) < 4.78 is 0. The average Bonchev–Trinajstić information content (AvgIpc) is 2.95. The van der Waals surface area contributed by atoms with Gasteiger partial charge in [-0.1, -0.05) is 13.0 Å². The zero-order valence-corrected chi connectivity index (χ0v) is 14.4. The van der Waals surface area contributed by atoms with E-state index in [0.29, 0.717) is 6.42 Å². The Morgan fingerprint density at radius 1 is 1.35 bits per heavy atom. The van der Waals surface area contributed by atoms with E-state index in [4.69, 9.17) is 0 Å². The van der Waals surface area contributed by atoms with Crippen LogP contribution in [0.1, 0.15) is 31.2 Å². The summed E-state index contributed by atoms with van der Waals surface area (Å²) in [5, 5.41) is 5.92. The SMILES string of the molecule is Cc1cccc(Nc2nc(CC(=O)N3CCC(C)CC3)cs2)n1. The number of nitrogens with zero attached hydrogens (tertiary/aromatic N) is 3. The third kappa shape index (κ3) is 4.28. The Labute approximate surface area is 140 Å². The predicted octanol–water partition coefficient (Wildman–Crippen LogP) is 3.39.